The molecule has 0 aliphatic heterocycles. The summed E-state index contributed by atoms with van der Waals surface area (Å²) in [6, 6.07) is 4.53. The van der Waals surface area contributed by atoms with E-state index in [-0.39, 0.29) is 29.2 Å². The number of amides is 1. The van der Waals surface area contributed by atoms with Crippen molar-refractivity contribution < 1.29 is 9.18 Å². The number of likely N-dealkylation sites (N-methyl/N-ethyl adjacent to an activating group) is 1. The lowest BCUT2D eigenvalue weighted by molar-refractivity contribution is -0.129. The zero-order valence-corrected chi connectivity index (χ0v) is 16.4. The number of imidazole rings is 1. The van der Waals surface area contributed by atoms with E-state index < -0.39 is 0 Å². The molecular weight excluding hydrogens is 369 g/mol. The average molecular weight is 390 g/mol. The number of anilines is 2. The SMILES string of the molecule is CC(C)c1cc(F)cc(Cl)c1Nc1nccc2c1ncn2CC(=O)N(C)C. The number of carbonyl (C=O) groups is 1. The van der Waals surface area contributed by atoms with Gasteiger partial charge >= 0.3 is 0 Å². The summed E-state index contributed by atoms with van der Waals surface area (Å²) in [6.07, 6.45) is 3.24. The monoisotopic (exact) mass is 389 g/mol. The Balaban J connectivity index is 2.02. The summed E-state index contributed by atoms with van der Waals surface area (Å²) in [7, 11) is 3.42. The molecule has 0 spiro atoms. The number of aromatic nitrogens is 3. The summed E-state index contributed by atoms with van der Waals surface area (Å²) in [4.78, 5) is 22.3. The summed E-state index contributed by atoms with van der Waals surface area (Å²) in [6.45, 7) is 4.11. The summed E-state index contributed by atoms with van der Waals surface area (Å²) in [5.74, 6) is 0.144. The maximum atomic E-state index is 13.8. The summed E-state index contributed by atoms with van der Waals surface area (Å²) in [5.41, 5.74) is 2.74. The van der Waals surface area contributed by atoms with Crippen LogP contribution in [0.15, 0.2) is 30.7 Å². The van der Waals surface area contributed by atoms with Crippen molar-refractivity contribution in [3.8, 4) is 0 Å². The van der Waals surface area contributed by atoms with Gasteiger partial charge in [0.05, 0.1) is 22.6 Å². The number of nitrogens with zero attached hydrogens (tertiary/aromatic N) is 4. The lowest BCUT2D eigenvalue weighted by atomic mass is 10.0. The highest BCUT2D eigenvalue weighted by Crippen LogP contribution is 2.35. The van der Waals surface area contributed by atoms with Crippen molar-refractivity contribution in [2.45, 2.75) is 26.3 Å². The Labute approximate surface area is 162 Å². The molecule has 2 aromatic heterocycles. The van der Waals surface area contributed by atoms with Crippen molar-refractivity contribution in [1.29, 1.82) is 0 Å². The van der Waals surface area contributed by atoms with Gasteiger partial charge < -0.3 is 14.8 Å². The fraction of sp³-hybridized carbons (Fsp3) is 0.316. The second kappa shape index (κ2) is 7.52. The van der Waals surface area contributed by atoms with Gasteiger partial charge in [-0.05, 0) is 29.7 Å². The molecule has 0 saturated heterocycles. The standard InChI is InChI=1S/C19H21ClFN5O/c1-11(2)13-7-12(21)8-14(20)17(13)24-19-18-15(5-6-22-19)26(10-23-18)9-16(27)25(3)4/h5-8,10-11H,9H2,1-4H3,(H,22,24). The van der Waals surface area contributed by atoms with E-state index in [0.717, 1.165) is 11.1 Å². The van der Waals surface area contributed by atoms with Gasteiger partial charge in [0.15, 0.2) is 5.82 Å². The van der Waals surface area contributed by atoms with Crippen LogP contribution < -0.4 is 5.32 Å². The first-order chi connectivity index (χ1) is 12.8. The third-order valence-electron chi connectivity index (χ3n) is 4.29. The zero-order chi connectivity index (χ0) is 19.7. The van der Waals surface area contributed by atoms with E-state index in [2.05, 4.69) is 15.3 Å². The number of hydrogen-bond donors (Lipinski definition) is 1. The minimum absolute atomic E-state index is 0.0377. The largest absolute Gasteiger partial charge is 0.347 e. The number of nitrogens with one attached hydrogen (secondary N) is 1. The number of benzene rings is 1. The van der Waals surface area contributed by atoms with Crippen LogP contribution in [-0.2, 0) is 11.3 Å². The predicted octanol–water partition coefficient (Wildman–Crippen LogP) is 4.18. The third-order valence-corrected chi connectivity index (χ3v) is 4.59. The molecule has 1 amide bonds. The average Bonchev–Trinajstić information content (AvgIpc) is 3.00. The molecule has 0 bridgehead atoms. The molecule has 142 valence electrons. The molecule has 1 aromatic carbocycles. The predicted molar refractivity (Wildman–Crippen MR) is 105 cm³/mol. The van der Waals surface area contributed by atoms with Gasteiger partial charge in [-0.2, -0.15) is 0 Å². The highest BCUT2D eigenvalue weighted by atomic mass is 35.5. The van der Waals surface area contributed by atoms with Gasteiger partial charge in [-0.3, -0.25) is 4.79 Å². The van der Waals surface area contributed by atoms with Crippen LogP contribution in [0, 0.1) is 5.82 Å². The highest BCUT2D eigenvalue weighted by molar-refractivity contribution is 6.33. The number of pyridine rings is 1. The van der Waals surface area contributed by atoms with Crippen molar-refractivity contribution in [2.24, 2.45) is 0 Å². The smallest absolute Gasteiger partial charge is 0.242 e. The lowest BCUT2D eigenvalue weighted by Gasteiger charge is -2.16. The van der Waals surface area contributed by atoms with E-state index in [9.17, 15) is 9.18 Å². The fourth-order valence-corrected chi connectivity index (χ4v) is 3.06. The lowest BCUT2D eigenvalue weighted by Crippen LogP contribution is -2.25. The molecule has 0 aliphatic carbocycles. The van der Waals surface area contributed by atoms with Gasteiger partial charge in [0, 0.05) is 20.3 Å². The minimum atomic E-state index is -0.383. The first-order valence-corrected chi connectivity index (χ1v) is 8.91. The molecule has 3 rings (SSSR count). The van der Waals surface area contributed by atoms with Crippen LogP contribution in [0.3, 0.4) is 0 Å². The van der Waals surface area contributed by atoms with Crippen LogP contribution in [0.2, 0.25) is 5.02 Å². The first-order valence-electron chi connectivity index (χ1n) is 8.54. The number of rotatable bonds is 5. The molecule has 0 unspecified atom stereocenters. The van der Waals surface area contributed by atoms with Gasteiger partial charge in [0.2, 0.25) is 5.91 Å². The normalized spacial score (nSPS) is 11.2. The maximum Gasteiger partial charge on any atom is 0.242 e. The van der Waals surface area contributed by atoms with Crippen LogP contribution in [0.4, 0.5) is 15.9 Å². The number of carbonyl (C=O) groups excluding carboxylic acids is 1. The third kappa shape index (κ3) is 3.88. The molecule has 0 radical (unpaired) electrons. The minimum Gasteiger partial charge on any atom is -0.347 e. The Hall–Kier alpha value is -2.67. The van der Waals surface area contributed by atoms with Crippen molar-refractivity contribution in [3.05, 3.63) is 47.1 Å². The van der Waals surface area contributed by atoms with Crippen LogP contribution >= 0.6 is 11.6 Å². The van der Waals surface area contributed by atoms with E-state index >= 15 is 0 Å². The molecule has 0 aliphatic rings. The molecule has 27 heavy (non-hydrogen) atoms. The van der Waals surface area contributed by atoms with Crippen molar-refractivity contribution in [3.63, 3.8) is 0 Å². The Morgan fingerprint density at radius 3 is 2.74 bits per heavy atom. The number of fused-ring (bicyclic) bond motifs is 1. The number of halogens is 2. The Kier molecular flexibility index (Phi) is 5.32. The Bertz CT molecular complexity index is 999. The van der Waals surface area contributed by atoms with Crippen LogP contribution in [0.5, 0.6) is 0 Å². The molecule has 2 heterocycles. The molecule has 0 saturated carbocycles. The van der Waals surface area contributed by atoms with E-state index in [0.29, 0.717) is 17.0 Å². The summed E-state index contributed by atoms with van der Waals surface area (Å²) < 4.78 is 15.5. The molecule has 0 fully saturated rings. The molecule has 1 N–H and O–H groups in total. The molecule has 0 atom stereocenters. The van der Waals surface area contributed by atoms with Gasteiger partial charge in [-0.15, -0.1) is 0 Å². The molecular formula is C19H21ClFN5O. The maximum absolute atomic E-state index is 13.8. The first kappa shape index (κ1) is 19.1. The molecule has 6 nitrogen and oxygen atoms in total. The van der Waals surface area contributed by atoms with Crippen LogP contribution in [0.1, 0.15) is 25.3 Å². The second-order valence-corrected chi connectivity index (χ2v) is 7.23. The van der Waals surface area contributed by atoms with Crippen molar-refractivity contribution in [1.82, 2.24) is 19.4 Å². The quantitative estimate of drug-likeness (QED) is 0.711. The second-order valence-electron chi connectivity index (χ2n) is 6.82. The molecule has 3 aromatic rings. The van der Waals surface area contributed by atoms with Crippen LogP contribution in [-0.4, -0.2) is 39.4 Å². The van der Waals surface area contributed by atoms with E-state index in [4.69, 9.17) is 11.6 Å². The fourth-order valence-electron chi connectivity index (χ4n) is 2.80. The van der Waals surface area contributed by atoms with E-state index in [1.54, 1.807) is 37.3 Å². The van der Waals surface area contributed by atoms with Gasteiger partial charge in [-0.25, -0.2) is 14.4 Å². The van der Waals surface area contributed by atoms with Crippen LogP contribution in [0.25, 0.3) is 11.0 Å². The Morgan fingerprint density at radius 2 is 2.07 bits per heavy atom. The van der Waals surface area contributed by atoms with Gasteiger partial charge in [0.1, 0.15) is 17.9 Å². The van der Waals surface area contributed by atoms with Gasteiger partial charge in [-0.1, -0.05) is 25.4 Å². The van der Waals surface area contributed by atoms with Crippen molar-refractivity contribution in [2.75, 3.05) is 19.4 Å². The summed E-state index contributed by atoms with van der Waals surface area (Å²) >= 11 is 6.28. The van der Waals surface area contributed by atoms with Crippen molar-refractivity contribution >= 4 is 40.0 Å². The topological polar surface area (TPSA) is 63.1 Å². The molecule has 8 heteroatoms. The zero-order valence-electron chi connectivity index (χ0n) is 15.6. The highest BCUT2D eigenvalue weighted by Gasteiger charge is 2.17. The van der Waals surface area contributed by atoms with E-state index in [1.807, 2.05) is 13.8 Å². The number of hydrogen-bond acceptors (Lipinski definition) is 4. The summed E-state index contributed by atoms with van der Waals surface area (Å²) in [5, 5.41) is 3.48. The van der Waals surface area contributed by atoms with E-state index in [1.165, 1.54) is 17.0 Å². The van der Waals surface area contributed by atoms with Gasteiger partial charge in [0.25, 0.3) is 0 Å². The Morgan fingerprint density at radius 1 is 1.33 bits per heavy atom.